The highest BCUT2D eigenvalue weighted by Crippen LogP contribution is 2.30. The Morgan fingerprint density at radius 2 is 2.00 bits per heavy atom. The molecule has 2 rings (SSSR count). The number of hydrogen-bond acceptors (Lipinski definition) is 3. The van der Waals surface area contributed by atoms with Gasteiger partial charge in [-0.25, -0.2) is 13.1 Å². The first kappa shape index (κ1) is 14.6. The molecule has 0 spiro atoms. The lowest BCUT2D eigenvalue weighted by Crippen LogP contribution is -2.41. The maximum Gasteiger partial charge on any atom is 0.244 e. The van der Waals surface area contributed by atoms with Crippen LogP contribution in [0.5, 0.6) is 0 Å². The first-order valence-electron chi connectivity index (χ1n) is 6.48. The molecule has 0 heterocycles. The van der Waals surface area contributed by atoms with E-state index in [0.29, 0.717) is 5.92 Å². The standard InChI is InChI=1S/C13H19ClN2O2S/c1-9-5-2-3-8-12(9)16-19(17,18)13-10(14)6-4-7-11(13)15/h4,6-7,9,12,16H,2-3,5,8,15H2,1H3. The van der Waals surface area contributed by atoms with Gasteiger partial charge in [-0.15, -0.1) is 0 Å². The number of nitrogens with two attached hydrogens (primary N) is 1. The molecule has 1 aliphatic carbocycles. The van der Waals surface area contributed by atoms with Crippen molar-refractivity contribution in [3.05, 3.63) is 23.2 Å². The number of rotatable bonds is 3. The van der Waals surface area contributed by atoms with Gasteiger partial charge in [0, 0.05) is 6.04 Å². The third-order valence-electron chi connectivity index (χ3n) is 3.68. The van der Waals surface area contributed by atoms with Gasteiger partial charge in [-0.2, -0.15) is 0 Å². The summed E-state index contributed by atoms with van der Waals surface area (Å²) in [4.78, 5) is -0.00515. The minimum atomic E-state index is -3.66. The van der Waals surface area contributed by atoms with Crippen molar-refractivity contribution in [2.75, 3.05) is 5.73 Å². The second-order valence-electron chi connectivity index (χ2n) is 5.15. The number of benzene rings is 1. The highest BCUT2D eigenvalue weighted by Gasteiger charge is 2.29. The summed E-state index contributed by atoms with van der Waals surface area (Å²) in [5.74, 6) is 0.340. The first-order chi connectivity index (χ1) is 8.92. The summed E-state index contributed by atoms with van der Waals surface area (Å²) in [6, 6.07) is 4.69. The molecule has 19 heavy (non-hydrogen) atoms. The lowest BCUT2D eigenvalue weighted by molar-refractivity contribution is 0.310. The normalized spacial score (nSPS) is 24.3. The zero-order valence-corrected chi connectivity index (χ0v) is 12.5. The Kier molecular flexibility index (Phi) is 4.38. The molecule has 0 bridgehead atoms. The van der Waals surface area contributed by atoms with E-state index in [4.69, 9.17) is 17.3 Å². The van der Waals surface area contributed by atoms with Crippen molar-refractivity contribution in [2.24, 2.45) is 5.92 Å². The van der Waals surface area contributed by atoms with Gasteiger partial charge in [0.15, 0.2) is 0 Å². The number of nitrogen functional groups attached to an aromatic ring is 1. The SMILES string of the molecule is CC1CCCCC1NS(=O)(=O)c1c(N)cccc1Cl. The number of anilines is 1. The molecule has 1 aliphatic rings. The van der Waals surface area contributed by atoms with Gasteiger partial charge in [0.2, 0.25) is 10.0 Å². The van der Waals surface area contributed by atoms with Gasteiger partial charge >= 0.3 is 0 Å². The molecule has 3 N–H and O–H groups in total. The van der Waals surface area contributed by atoms with E-state index in [9.17, 15) is 8.42 Å². The van der Waals surface area contributed by atoms with Crippen LogP contribution in [0.3, 0.4) is 0 Å². The molecule has 0 saturated heterocycles. The average Bonchev–Trinajstić information content (AvgIpc) is 2.31. The molecule has 0 aromatic heterocycles. The highest BCUT2D eigenvalue weighted by atomic mass is 35.5. The Bertz CT molecular complexity index is 540. The summed E-state index contributed by atoms with van der Waals surface area (Å²) in [7, 11) is -3.66. The van der Waals surface area contributed by atoms with Crippen LogP contribution in [0.4, 0.5) is 5.69 Å². The summed E-state index contributed by atoms with van der Waals surface area (Å²) >= 11 is 5.97. The van der Waals surface area contributed by atoms with Crippen molar-refractivity contribution in [3.63, 3.8) is 0 Å². The van der Waals surface area contributed by atoms with Crippen molar-refractivity contribution in [1.29, 1.82) is 0 Å². The molecule has 0 amide bonds. The van der Waals surface area contributed by atoms with E-state index >= 15 is 0 Å². The third kappa shape index (κ3) is 3.22. The van der Waals surface area contributed by atoms with Crippen molar-refractivity contribution in [1.82, 2.24) is 4.72 Å². The van der Waals surface area contributed by atoms with Gasteiger partial charge in [-0.3, -0.25) is 0 Å². The molecule has 1 saturated carbocycles. The molecule has 2 atom stereocenters. The first-order valence-corrected chi connectivity index (χ1v) is 8.34. The molecule has 1 fully saturated rings. The Morgan fingerprint density at radius 3 is 2.63 bits per heavy atom. The molecule has 4 nitrogen and oxygen atoms in total. The third-order valence-corrected chi connectivity index (χ3v) is 5.72. The van der Waals surface area contributed by atoms with E-state index < -0.39 is 10.0 Å². The molecule has 0 radical (unpaired) electrons. The van der Waals surface area contributed by atoms with E-state index in [2.05, 4.69) is 11.6 Å². The number of sulfonamides is 1. The molecule has 1 aromatic rings. The Balaban J connectivity index is 2.27. The van der Waals surface area contributed by atoms with Gasteiger partial charge in [-0.05, 0) is 30.9 Å². The molecule has 2 unspecified atom stereocenters. The van der Waals surface area contributed by atoms with E-state index in [1.54, 1.807) is 12.1 Å². The van der Waals surface area contributed by atoms with Gasteiger partial charge in [0.05, 0.1) is 10.7 Å². The number of halogens is 1. The predicted molar refractivity (Wildman–Crippen MR) is 77.6 cm³/mol. The minimum absolute atomic E-state index is 0.00515. The van der Waals surface area contributed by atoms with E-state index in [1.165, 1.54) is 6.07 Å². The maximum absolute atomic E-state index is 12.4. The minimum Gasteiger partial charge on any atom is -0.398 e. The van der Waals surface area contributed by atoms with Crippen LogP contribution in [-0.4, -0.2) is 14.5 Å². The van der Waals surface area contributed by atoms with Crippen LogP contribution in [0.2, 0.25) is 5.02 Å². The fraction of sp³-hybridized carbons (Fsp3) is 0.538. The van der Waals surface area contributed by atoms with Crippen molar-refractivity contribution < 1.29 is 8.42 Å². The fourth-order valence-corrected chi connectivity index (χ4v) is 4.61. The lowest BCUT2D eigenvalue weighted by atomic mass is 9.87. The number of hydrogen-bond donors (Lipinski definition) is 2. The van der Waals surface area contributed by atoms with Crippen LogP contribution in [0, 0.1) is 5.92 Å². The number of nitrogens with one attached hydrogen (secondary N) is 1. The Hall–Kier alpha value is -0.780. The van der Waals surface area contributed by atoms with Gasteiger partial charge in [0.25, 0.3) is 0 Å². The Labute approximate surface area is 119 Å². The van der Waals surface area contributed by atoms with Crippen LogP contribution < -0.4 is 10.5 Å². The summed E-state index contributed by atoms with van der Waals surface area (Å²) < 4.78 is 27.6. The fourth-order valence-electron chi connectivity index (χ4n) is 2.56. The summed E-state index contributed by atoms with van der Waals surface area (Å²) in [5, 5.41) is 0.163. The smallest absolute Gasteiger partial charge is 0.244 e. The summed E-state index contributed by atoms with van der Waals surface area (Å²) in [6.45, 7) is 2.07. The summed E-state index contributed by atoms with van der Waals surface area (Å²) in [5.41, 5.74) is 5.93. The molecule has 1 aromatic carbocycles. The van der Waals surface area contributed by atoms with Crippen LogP contribution in [0.1, 0.15) is 32.6 Å². The topological polar surface area (TPSA) is 72.2 Å². The van der Waals surface area contributed by atoms with Crippen LogP contribution in [-0.2, 0) is 10.0 Å². The highest BCUT2D eigenvalue weighted by molar-refractivity contribution is 7.89. The van der Waals surface area contributed by atoms with Gasteiger partial charge in [-0.1, -0.05) is 37.4 Å². The van der Waals surface area contributed by atoms with Crippen LogP contribution in [0.25, 0.3) is 0 Å². The average molecular weight is 303 g/mol. The molecule has 106 valence electrons. The van der Waals surface area contributed by atoms with Gasteiger partial charge in [0.1, 0.15) is 4.90 Å². The van der Waals surface area contributed by atoms with Crippen molar-refractivity contribution in [2.45, 2.75) is 43.5 Å². The predicted octanol–water partition coefficient (Wildman–Crippen LogP) is 2.78. The maximum atomic E-state index is 12.4. The van der Waals surface area contributed by atoms with E-state index in [1.807, 2.05) is 0 Å². The van der Waals surface area contributed by atoms with E-state index in [0.717, 1.165) is 25.7 Å². The molecular weight excluding hydrogens is 284 g/mol. The quantitative estimate of drug-likeness (QED) is 0.843. The lowest BCUT2D eigenvalue weighted by Gasteiger charge is -2.29. The zero-order valence-electron chi connectivity index (χ0n) is 10.9. The second-order valence-corrected chi connectivity index (χ2v) is 7.21. The van der Waals surface area contributed by atoms with E-state index in [-0.39, 0.29) is 21.6 Å². The van der Waals surface area contributed by atoms with Gasteiger partial charge < -0.3 is 5.73 Å². The van der Waals surface area contributed by atoms with Crippen LogP contribution >= 0.6 is 11.6 Å². The zero-order chi connectivity index (χ0) is 14.0. The summed E-state index contributed by atoms with van der Waals surface area (Å²) in [6.07, 6.45) is 4.12. The monoisotopic (exact) mass is 302 g/mol. The molecule has 0 aliphatic heterocycles. The Morgan fingerprint density at radius 1 is 1.32 bits per heavy atom. The second kappa shape index (κ2) is 5.69. The molecular formula is C13H19ClN2O2S. The molecule has 6 heteroatoms. The van der Waals surface area contributed by atoms with Crippen LogP contribution in [0.15, 0.2) is 23.1 Å². The largest absolute Gasteiger partial charge is 0.398 e. The van der Waals surface area contributed by atoms with Crippen molar-refractivity contribution >= 4 is 27.3 Å². The van der Waals surface area contributed by atoms with Crippen molar-refractivity contribution in [3.8, 4) is 0 Å².